The van der Waals surface area contributed by atoms with E-state index in [4.69, 9.17) is 0 Å². The first kappa shape index (κ1) is 21.5. The Labute approximate surface area is 179 Å². The van der Waals surface area contributed by atoms with Crippen LogP contribution in [0.15, 0.2) is 30.5 Å². The van der Waals surface area contributed by atoms with Crippen LogP contribution in [0, 0.1) is 5.92 Å². The number of amides is 1. The Morgan fingerprint density at radius 1 is 1.13 bits per heavy atom. The third kappa shape index (κ3) is 5.15. The van der Waals surface area contributed by atoms with Gasteiger partial charge in [-0.1, -0.05) is 19.3 Å². The van der Waals surface area contributed by atoms with Crippen molar-refractivity contribution in [2.45, 2.75) is 31.9 Å². The van der Waals surface area contributed by atoms with E-state index in [2.05, 4.69) is 20.2 Å². The number of nitrogens with zero attached hydrogens (tertiary/aromatic N) is 4. The van der Waals surface area contributed by atoms with Crippen molar-refractivity contribution in [2.24, 2.45) is 5.92 Å². The first-order valence-electron chi connectivity index (χ1n) is 10.6. The van der Waals surface area contributed by atoms with Crippen LogP contribution in [0.5, 0.6) is 0 Å². The fourth-order valence-electron chi connectivity index (χ4n) is 3.86. The molecule has 0 atom stereocenters. The fraction of sp³-hybridized carbons (Fsp3) is 0.500. The molecule has 0 unspecified atom stereocenters. The van der Waals surface area contributed by atoms with E-state index >= 15 is 0 Å². The number of likely N-dealkylation sites (N-methyl/N-ethyl adjacent to an activating group) is 1. The first-order valence-corrected chi connectivity index (χ1v) is 10.6. The van der Waals surface area contributed by atoms with Crippen LogP contribution in [0.25, 0.3) is 0 Å². The molecule has 0 spiro atoms. The van der Waals surface area contributed by atoms with Crippen LogP contribution in [0.1, 0.15) is 40.9 Å². The Bertz CT molecular complexity index is 920. The van der Waals surface area contributed by atoms with Gasteiger partial charge in [-0.05, 0) is 43.7 Å². The van der Waals surface area contributed by atoms with Gasteiger partial charge >= 0.3 is 6.18 Å². The number of piperazine rings is 1. The number of rotatable bonds is 5. The van der Waals surface area contributed by atoms with Crippen molar-refractivity contribution in [2.75, 3.05) is 38.5 Å². The van der Waals surface area contributed by atoms with Gasteiger partial charge in [0.2, 0.25) is 5.95 Å². The lowest BCUT2D eigenvalue weighted by Crippen LogP contribution is -2.47. The Hall–Kier alpha value is -2.68. The van der Waals surface area contributed by atoms with Gasteiger partial charge in [0.1, 0.15) is 0 Å². The highest BCUT2D eigenvalue weighted by Crippen LogP contribution is 2.36. The van der Waals surface area contributed by atoms with Crippen LogP contribution in [0.2, 0.25) is 0 Å². The molecule has 1 aliphatic heterocycles. The average Bonchev–Trinajstić information content (AvgIpc) is 2.71. The van der Waals surface area contributed by atoms with Gasteiger partial charge < -0.3 is 15.1 Å². The quantitative estimate of drug-likeness (QED) is 0.773. The highest BCUT2D eigenvalue weighted by Gasteiger charge is 2.36. The first-order chi connectivity index (χ1) is 14.8. The SMILES string of the molecule is CN1CCN(C(=O)c2ccc(Nc3ncc(C(F)(F)F)c(CC4CCC4)n3)cc2)CC1. The van der Waals surface area contributed by atoms with E-state index in [1.807, 2.05) is 11.9 Å². The number of carbonyl (C=O) groups excluding carboxylic acids is 1. The van der Waals surface area contributed by atoms with Crippen molar-refractivity contribution < 1.29 is 18.0 Å². The Balaban J connectivity index is 1.46. The third-order valence-corrected chi connectivity index (χ3v) is 6.06. The average molecular weight is 433 g/mol. The molecular formula is C22H26F3N5O. The number of carbonyl (C=O) groups is 1. The van der Waals surface area contributed by atoms with E-state index in [1.54, 1.807) is 24.3 Å². The van der Waals surface area contributed by atoms with E-state index in [-0.39, 0.29) is 23.5 Å². The number of anilines is 2. The number of halogens is 3. The topological polar surface area (TPSA) is 61.4 Å². The summed E-state index contributed by atoms with van der Waals surface area (Å²) in [5, 5.41) is 2.96. The molecule has 2 heterocycles. The fourth-order valence-corrected chi connectivity index (χ4v) is 3.86. The molecular weight excluding hydrogens is 407 g/mol. The van der Waals surface area contributed by atoms with Crippen LogP contribution in [-0.2, 0) is 12.6 Å². The van der Waals surface area contributed by atoms with E-state index in [9.17, 15) is 18.0 Å². The zero-order chi connectivity index (χ0) is 22.0. The number of nitrogens with one attached hydrogen (secondary N) is 1. The molecule has 6 nitrogen and oxygen atoms in total. The van der Waals surface area contributed by atoms with Crippen molar-refractivity contribution in [1.29, 1.82) is 0 Å². The lowest BCUT2D eigenvalue weighted by atomic mass is 9.81. The van der Waals surface area contributed by atoms with Crippen molar-refractivity contribution in [3.8, 4) is 0 Å². The van der Waals surface area contributed by atoms with Gasteiger partial charge in [0.05, 0.1) is 11.3 Å². The maximum Gasteiger partial charge on any atom is 0.419 e. The molecule has 1 saturated carbocycles. The predicted molar refractivity (Wildman–Crippen MR) is 111 cm³/mol. The normalized spacial score (nSPS) is 18.0. The highest BCUT2D eigenvalue weighted by molar-refractivity contribution is 5.94. The molecule has 1 aliphatic carbocycles. The van der Waals surface area contributed by atoms with Gasteiger partial charge in [-0.2, -0.15) is 13.2 Å². The van der Waals surface area contributed by atoms with E-state index in [0.29, 0.717) is 30.8 Å². The molecule has 1 aromatic heterocycles. The van der Waals surface area contributed by atoms with E-state index in [1.165, 1.54) is 0 Å². The summed E-state index contributed by atoms with van der Waals surface area (Å²) in [6.07, 6.45) is -0.372. The van der Waals surface area contributed by atoms with Gasteiger partial charge in [-0.25, -0.2) is 9.97 Å². The molecule has 0 radical (unpaired) electrons. The Kier molecular flexibility index (Phi) is 6.13. The van der Waals surface area contributed by atoms with Crippen molar-refractivity contribution in [3.05, 3.63) is 47.3 Å². The molecule has 1 N–H and O–H groups in total. The third-order valence-electron chi connectivity index (χ3n) is 6.06. The minimum Gasteiger partial charge on any atom is -0.336 e. The van der Waals surface area contributed by atoms with E-state index < -0.39 is 11.7 Å². The molecule has 31 heavy (non-hydrogen) atoms. The summed E-state index contributed by atoms with van der Waals surface area (Å²) in [6.45, 7) is 3.08. The van der Waals surface area contributed by atoms with Crippen LogP contribution >= 0.6 is 0 Å². The molecule has 2 aromatic rings. The maximum atomic E-state index is 13.3. The van der Waals surface area contributed by atoms with Gasteiger partial charge in [0.25, 0.3) is 5.91 Å². The zero-order valence-corrected chi connectivity index (χ0v) is 17.5. The summed E-state index contributed by atoms with van der Waals surface area (Å²) in [5.41, 5.74) is 0.466. The lowest BCUT2D eigenvalue weighted by molar-refractivity contribution is -0.138. The molecule has 0 bridgehead atoms. The summed E-state index contributed by atoms with van der Waals surface area (Å²) < 4.78 is 40.0. The minimum absolute atomic E-state index is 0.0202. The molecule has 2 aliphatic rings. The summed E-state index contributed by atoms with van der Waals surface area (Å²) in [4.78, 5) is 24.7. The molecule has 1 saturated heterocycles. The Morgan fingerprint density at radius 3 is 2.39 bits per heavy atom. The van der Waals surface area contributed by atoms with Crippen LogP contribution in [-0.4, -0.2) is 58.9 Å². The van der Waals surface area contributed by atoms with Gasteiger partial charge in [0.15, 0.2) is 0 Å². The van der Waals surface area contributed by atoms with Crippen molar-refractivity contribution in [1.82, 2.24) is 19.8 Å². The number of alkyl halides is 3. The number of hydrogen-bond acceptors (Lipinski definition) is 5. The maximum absolute atomic E-state index is 13.3. The number of benzene rings is 1. The molecule has 1 amide bonds. The predicted octanol–water partition coefficient (Wildman–Crippen LogP) is 3.97. The molecule has 1 aromatic carbocycles. The van der Waals surface area contributed by atoms with Crippen LogP contribution in [0.4, 0.5) is 24.8 Å². The number of aromatic nitrogens is 2. The second kappa shape index (κ2) is 8.82. The number of hydrogen-bond donors (Lipinski definition) is 1. The lowest BCUT2D eigenvalue weighted by Gasteiger charge is -2.32. The minimum atomic E-state index is -4.47. The highest BCUT2D eigenvalue weighted by atomic mass is 19.4. The second-order valence-electron chi connectivity index (χ2n) is 8.35. The Morgan fingerprint density at radius 2 is 1.81 bits per heavy atom. The summed E-state index contributed by atoms with van der Waals surface area (Å²) in [5.74, 6) is 0.359. The van der Waals surface area contributed by atoms with Crippen molar-refractivity contribution in [3.63, 3.8) is 0 Å². The summed E-state index contributed by atoms with van der Waals surface area (Å²) >= 11 is 0. The van der Waals surface area contributed by atoms with E-state index in [0.717, 1.165) is 38.5 Å². The van der Waals surface area contributed by atoms with Gasteiger partial charge in [0, 0.05) is 43.6 Å². The molecule has 4 rings (SSSR count). The molecule has 9 heteroatoms. The zero-order valence-electron chi connectivity index (χ0n) is 17.5. The molecule has 166 valence electrons. The van der Waals surface area contributed by atoms with Crippen molar-refractivity contribution >= 4 is 17.5 Å². The molecule has 2 fully saturated rings. The standard InChI is InChI=1S/C22H26F3N5O/c1-29-9-11-30(12-10-29)20(31)16-5-7-17(8-6-16)27-21-26-14-18(22(23,24)25)19(28-21)13-15-3-2-4-15/h5-8,14-15H,2-4,9-13H2,1H3,(H,26,27,28). The smallest absolute Gasteiger partial charge is 0.336 e. The van der Waals surface area contributed by atoms with Gasteiger partial charge in [-0.3, -0.25) is 4.79 Å². The largest absolute Gasteiger partial charge is 0.419 e. The monoisotopic (exact) mass is 433 g/mol. The summed E-state index contributed by atoms with van der Waals surface area (Å²) in [7, 11) is 2.03. The van der Waals surface area contributed by atoms with Crippen LogP contribution < -0.4 is 5.32 Å². The summed E-state index contributed by atoms with van der Waals surface area (Å²) in [6, 6.07) is 6.86. The van der Waals surface area contributed by atoms with Crippen LogP contribution in [0.3, 0.4) is 0 Å². The second-order valence-corrected chi connectivity index (χ2v) is 8.35. The van der Waals surface area contributed by atoms with Gasteiger partial charge in [-0.15, -0.1) is 0 Å².